The van der Waals surface area contributed by atoms with Gasteiger partial charge in [-0.3, -0.25) is 4.98 Å². The fourth-order valence-corrected chi connectivity index (χ4v) is 0.953. The van der Waals surface area contributed by atoms with Crippen LogP contribution in [0.2, 0.25) is 0 Å². The minimum atomic E-state index is 0.00907. The largest absolute Gasteiger partial charge is 0.394 e. The van der Waals surface area contributed by atoms with Crippen molar-refractivity contribution in [2.75, 3.05) is 11.9 Å². The van der Waals surface area contributed by atoms with Crippen LogP contribution in [0.4, 0.5) is 5.82 Å². The molecule has 0 aromatic carbocycles. The van der Waals surface area contributed by atoms with Crippen molar-refractivity contribution in [2.45, 2.75) is 26.8 Å². The summed E-state index contributed by atoms with van der Waals surface area (Å²) < 4.78 is 0. The van der Waals surface area contributed by atoms with E-state index in [0.29, 0.717) is 0 Å². The second-order valence-electron chi connectivity index (χ2n) is 3.17. The fourth-order valence-electron chi connectivity index (χ4n) is 0.953. The molecule has 0 saturated heterocycles. The number of aryl methyl sites for hydroxylation is 2. The maximum absolute atomic E-state index is 8.85. The molecule has 1 aromatic rings. The minimum absolute atomic E-state index is 0.00907. The number of aliphatic hydroxyl groups excluding tert-OH is 1. The number of hydrogen-bond acceptors (Lipinski definition) is 4. The molecule has 4 heteroatoms. The number of nitrogens with zero attached hydrogens (tertiary/aromatic N) is 2. The Morgan fingerprint density at radius 2 is 2.23 bits per heavy atom. The summed E-state index contributed by atoms with van der Waals surface area (Å²) in [5, 5.41) is 11.9. The lowest BCUT2D eigenvalue weighted by atomic mass is 10.3. The molecule has 1 rings (SSSR count). The zero-order valence-electron chi connectivity index (χ0n) is 8.20. The van der Waals surface area contributed by atoms with Crippen LogP contribution in [0.1, 0.15) is 18.3 Å². The molecular weight excluding hydrogens is 166 g/mol. The Balaban J connectivity index is 2.81. The van der Waals surface area contributed by atoms with Crippen LogP contribution in [0.5, 0.6) is 0 Å². The lowest BCUT2D eigenvalue weighted by Crippen LogP contribution is -2.21. The van der Waals surface area contributed by atoms with E-state index < -0.39 is 0 Å². The summed E-state index contributed by atoms with van der Waals surface area (Å²) in [6, 6.07) is 0.00907. The highest BCUT2D eigenvalue weighted by Crippen LogP contribution is 2.09. The number of nitrogens with one attached hydrogen (secondary N) is 1. The van der Waals surface area contributed by atoms with Gasteiger partial charge in [-0.2, -0.15) is 0 Å². The molecule has 0 fully saturated rings. The standard InChI is InChI=1S/C9H15N3O/c1-6-4-10-8(3)9(11-6)12-7(2)5-13/h4,7,13H,5H2,1-3H3,(H,11,12)/t7-/m0/s1. The molecule has 0 amide bonds. The zero-order chi connectivity index (χ0) is 9.84. The van der Waals surface area contributed by atoms with E-state index in [1.807, 2.05) is 20.8 Å². The molecule has 2 N–H and O–H groups in total. The Morgan fingerprint density at radius 1 is 1.54 bits per heavy atom. The quantitative estimate of drug-likeness (QED) is 0.727. The lowest BCUT2D eigenvalue weighted by molar-refractivity contribution is 0.281. The molecule has 72 valence electrons. The Bertz CT molecular complexity index is 288. The fraction of sp³-hybridized carbons (Fsp3) is 0.556. The molecule has 0 bridgehead atoms. The minimum Gasteiger partial charge on any atom is -0.394 e. The maximum Gasteiger partial charge on any atom is 0.148 e. The molecule has 0 aliphatic carbocycles. The van der Waals surface area contributed by atoms with Crippen LogP contribution in [0, 0.1) is 13.8 Å². The number of aliphatic hydroxyl groups is 1. The van der Waals surface area contributed by atoms with Gasteiger partial charge in [-0.25, -0.2) is 4.98 Å². The second-order valence-corrected chi connectivity index (χ2v) is 3.17. The van der Waals surface area contributed by atoms with Crippen molar-refractivity contribution >= 4 is 5.82 Å². The van der Waals surface area contributed by atoms with Crippen LogP contribution in [0.25, 0.3) is 0 Å². The number of aromatic nitrogens is 2. The van der Waals surface area contributed by atoms with E-state index in [2.05, 4.69) is 15.3 Å². The highest BCUT2D eigenvalue weighted by atomic mass is 16.3. The van der Waals surface area contributed by atoms with Gasteiger partial charge in [0.05, 0.1) is 18.0 Å². The molecule has 13 heavy (non-hydrogen) atoms. The van der Waals surface area contributed by atoms with E-state index in [0.717, 1.165) is 17.2 Å². The number of anilines is 1. The average Bonchev–Trinajstić information content (AvgIpc) is 2.11. The highest BCUT2D eigenvalue weighted by molar-refractivity contribution is 5.40. The van der Waals surface area contributed by atoms with Gasteiger partial charge in [-0.05, 0) is 20.8 Å². The third-order valence-corrected chi connectivity index (χ3v) is 1.73. The van der Waals surface area contributed by atoms with Gasteiger partial charge in [0.2, 0.25) is 0 Å². The van der Waals surface area contributed by atoms with E-state index in [9.17, 15) is 0 Å². The first-order chi connectivity index (χ1) is 6.13. The van der Waals surface area contributed by atoms with Gasteiger partial charge in [0.1, 0.15) is 5.82 Å². The van der Waals surface area contributed by atoms with Gasteiger partial charge >= 0.3 is 0 Å². The maximum atomic E-state index is 8.85. The van der Waals surface area contributed by atoms with Gasteiger partial charge < -0.3 is 10.4 Å². The SMILES string of the molecule is Cc1cnc(C)c(N[C@@H](C)CO)n1. The average molecular weight is 181 g/mol. The Kier molecular flexibility index (Phi) is 3.19. The van der Waals surface area contributed by atoms with E-state index in [-0.39, 0.29) is 12.6 Å². The number of hydrogen-bond donors (Lipinski definition) is 2. The topological polar surface area (TPSA) is 58.0 Å². The molecule has 4 nitrogen and oxygen atoms in total. The summed E-state index contributed by atoms with van der Waals surface area (Å²) in [5.41, 5.74) is 1.73. The van der Waals surface area contributed by atoms with E-state index in [1.54, 1.807) is 6.20 Å². The summed E-state index contributed by atoms with van der Waals surface area (Å²) in [6.07, 6.45) is 1.73. The number of rotatable bonds is 3. The third-order valence-electron chi connectivity index (χ3n) is 1.73. The van der Waals surface area contributed by atoms with Crippen molar-refractivity contribution in [3.63, 3.8) is 0 Å². The van der Waals surface area contributed by atoms with Crippen molar-refractivity contribution in [1.29, 1.82) is 0 Å². The van der Waals surface area contributed by atoms with Crippen LogP contribution in [-0.4, -0.2) is 27.7 Å². The van der Waals surface area contributed by atoms with Crippen molar-refractivity contribution in [1.82, 2.24) is 9.97 Å². The molecule has 0 unspecified atom stereocenters. The van der Waals surface area contributed by atoms with Crippen LogP contribution >= 0.6 is 0 Å². The van der Waals surface area contributed by atoms with E-state index >= 15 is 0 Å². The molecular formula is C9H15N3O. The molecule has 0 aliphatic rings. The normalized spacial score (nSPS) is 12.6. The van der Waals surface area contributed by atoms with E-state index in [1.165, 1.54) is 0 Å². The van der Waals surface area contributed by atoms with Crippen LogP contribution in [0.3, 0.4) is 0 Å². The summed E-state index contributed by atoms with van der Waals surface area (Å²) in [5.74, 6) is 0.751. The first kappa shape index (κ1) is 9.92. The van der Waals surface area contributed by atoms with Gasteiger partial charge in [0, 0.05) is 12.2 Å². The molecule has 1 atom stereocenters. The predicted molar refractivity (Wildman–Crippen MR) is 51.7 cm³/mol. The van der Waals surface area contributed by atoms with Gasteiger partial charge in [0.15, 0.2) is 0 Å². The lowest BCUT2D eigenvalue weighted by Gasteiger charge is -2.13. The molecule has 1 aromatic heterocycles. The predicted octanol–water partition coefficient (Wildman–Crippen LogP) is 0.886. The monoisotopic (exact) mass is 181 g/mol. The first-order valence-electron chi connectivity index (χ1n) is 4.31. The second kappa shape index (κ2) is 4.18. The first-order valence-corrected chi connectivity index (χ1v) is 4.31. The van der Waals surface area contributed by atoms with Crippen molar-refractivity contribution < 1.29 is 5.11 Å². The van der Waals surface area contributed by atoms with Gasteiger partial charge in [-0.1, -0.05) is 0 Å². The zero-order valence-corrected chi connectivity index (χ0v) is 8.20. The van der Waals surface area contributed by atoms with E-state index in [4.69, 9.17) is 5.11 Å². The van der Waals surface area contributed by atoms with Crippen molar-refractivity contribution in [3.8, 4) is 0 Å². The third kappa shape index (κ3) is 2.66. The Labute approximate surface area is 78.0 Å². The Morgan fingerprint density at radius 3 is 2.85 bits per heavy atom. The summed E-state index contributed by atoms with van der Waals surface area (Å²) in [6.45, 7) is 5.76. The van der Waals surface area contributed by atoms with Crippen LogP contribution < -0.4 is 5.32 Å². The smallest absolute Gasteiger partial charge is 0.148 e. The van der Waals surface area contributed by atoms with Crippen molar-refractivity contribution in [3.05, 3.63) is 17.6 Å². The summed E-state index contributed by atoms with van der Waals surface area (Å²) in [7, 11) is 0. The molecule has 0 aliphatic heterocycles. The molecule has 0 spiro atoms. The van der Waals surface area contributed by atoms with Gasteiger partial charge in [-0.15, -0.1) is 0 Å². The Hall–Kier alpha value is -1.16. The molecule has 0 radical (unpaired) electrons. The highest BCUT2D eigenvalue weighted by Gasteiger charge is 2.04. The van der Waals surface area contributed by atoms with Gasteiger partial charge in [0.25, 0.3) is 0 Å². The summed E-state index contributed by atoms with van der Waals surface area (Å²) >= 11 is 0. The van der Waals surface area contributed by atoms with Crippen molar-refractivity contribution in [2.24, 2.45) is 0 Å². The molecule has 1 heterocycles. The van der Waals surface area contributed by atoms with Crippen LogP contribution in [-0.2, 0) is 0 Å². The summed E-state index contributed by atoms with van der Waals surface area (Å²) in [4.78, 5) is 8.44. The molecule has 0 saturated carbocycles. The van der Waals surface area contributed by atoms with Crippen LogP contribution in [0.15, 0.2) is 6.20 Å².